The van der Waals surface area contributed by atoms with Crippen LogP contribution in [0.2, 0.25) is 11.6 Å². The molecule has 1 spiro atoms. The fourth-order valence-electron chi connectivity index (χ4n) is 2.70. The van der Waals surface area contributed by atoms with Crippen LogP contribution in [0.1, 0.15) is 25.7 Å². The zero-order valence-electron chi connectivity index (χ0n) is 7.60. The van der Waals surface area contributed by atoms with Crippen LogP contribution in [0.15, 0.2) is 0 Å². The number of hydrogen-bond acceptors (Lipinski definition) is 1. The lowest BCUT2D eigenvalue weighted by atomic mass is 9.36. The minimum Gasteiger partial charge on any atom is -0.307 e. The fourth-order valence-corrected chi connectivity index (χ4v) is 2.70. The van der Waals surface area contributed by atoms with Gasteiger partial charge in [-0.25, -0.2) is 0 Å². The van der Waals surface area contributed by atoms with E-state index >= 15 is 0 Å². The highest BCUT2D eigenvalue weighted by Gasteiger charge is 2.39. The summed E-state index contributed by atoms with van der Waals surface area (Å²) in [6.07, 6.45) is 7.42. The molecule has 1 unspecified atom stereocenters. The van der Waals surface area contributed by atoms with Crippen molar-refractivity contribution in [3.63, 3.8) is 0 Å². The normalized spacial score (nSPS) is 39.4. The number of hydrogen-bond donors (Lipinski definition) is 0. The lowest BCUT2D eigenvalue weighted by Crippen LogP contribution is -2.38. The van der Waals surface area contributed by atoms with Crippen molar-refractivity contribution in [2.45, 2.75) is 37.3 Å². The largest absolute Gasteiger partial charge is 0.307 e. The summed E-state index contributed by atoms with van der Waals surface area (Å²) in [5.41, 5.74) is 0. The van der Waals surface area contributed by atoms with E-state index < -0.39 is 0 Å². The second-order valence-corrected chi connectivity index (χ2v) is 4.55. The van der Waals surface area contributed by atoms with Gasteiger partial charge in [-0.3, -0.25) is 0 Å². The van der Waals surface area contributed by atoms with Crippen molar-refractivity contribution in [3.05, 3.63) is 0 Å². The lowest BCUT2D eigenvalue weighted by molar-refractivity contribution is 0.290. The molecule has 2 aliphatic heterocycles. The molecule has 0 radical (unpaired) electrons. The SMILES string of the molecule is CN1CCCCC2(BCC2)C1. The quantitative estimate of drug-likeness (QED) is 0.474. The first kappa shape index (κ1) is 7.66. The first-order valence-corrected chi connectivity index (χ1v) is 4.99. The zero-order chi connectivity index (χ0) is 7.73. The van der Waals surface area contributed by atoms with Crippen molar-refractivity contribution < 1.29 is 0 Å². The maximum Gasteiger partial charge on any atom is 0.129 e. The van der Waals surface area contributed by atoms with Gasteiger partial charge in [0.25, 0.3) is 0 Å². The van der Waals surface area contributed by atoms with Crippen LogP contribution in [-0.2, 0) is 0 Å². The van der Waals surface area contributed by atoms with Gasteiger partial charge in [-0.2, -0.15) is 0 Å². The smallest absolute Gasteiger partial charge is 0.129 e. The Morgan fingerprint density at radius 1 is 1.27 bits per heavy atom. The van der Waals surface area contributed by atoms with Crippen molar-refractivity contribution in [1.29, 1.82) is 0 Å². The molecule has 1 nitrogen and oxygen atoms in total. The van der Waals surface area contributed by atoms with Gasteiger partial charge in [0.05, 0.1) is 0 Å². The van der Waals surface area contributed by atoms with E-state index in [0.717, 1.165) is 5.31 Å². The molecular weight excluding hydrogens is 133 g/mol. The average molecular weight is 151 g/mol. The van der Waals surface area contributed by atoms with Crippen molar-refractivity contribution in [3.8, 4) is 0 Å². The molecule has 0 aromatic carbocycles. The van der Waals surface area contributed by atoms with Crippen LogP contribution in [0.4, 0.5) is 0 Å². The molecule has 62 valence electrons. The molecular formula is C9H18BN. The van der Waals surface area contributed by atoms with E-state index in [-0.39, 0.29) is 0 Å². The Balaban J connectivity index is 1.97. The van der Waals surface area contributed by atoms with Gasteiger partial charge in [-0.1, -0.05) is 25.6 Å². The van der Waals surface area contributed by atoms with Crippen LogP contribution >= 0.6 is 0 Å². The number of rotatable bonds is 0. The fraction of sp³-hybridized carbons (Fsp3) is 1.00. The molecule has 2 heterocycles. The standard InChI is InChI=1S/C9H18BN/c1-11-7-3-2-4-9(8-11)5-6-10-9/h10H,2-8H2,1H3. The van der Waals surface area contributed by atoms with Gasteiger partial charge in [0, 0.05) is 0 Å². The Kier molecular flexibility index (Phi) is 1.96. The highest BCUT2D eigenvalue weighted by Crippen LogP contribution is 2.47. The van der Waals surface area contributed by atoms with Gasteiger partial charge in [0.1, 0.15) is 7.28 Å². The molecule has 0 aromatic heterocycles. The highest BCUT2D eigenvalue weighted by molar-refractivity contribution is 6.44. The summed E-state index contributed by atoms with van der Waals surface area (Å²) in [7, 11) is 3.79. The Hall–Kier alpha value is 0.0249. The van der Waals surface area contributed by atoms with E-state index in [4.69, 9.17) is 0 Å². The number of likely N-dealkylation sites (tertiary alicyclic amines) is 1. The molecule has 0 N–H and O–H groups in total. The molecule has 0 bridgehead atoms. The third-order valence-corrected chi connectivity index (χ3v) is 3.52. The van der Waals surface area contributed by atoms with Gasteiger partial charge >= 0.3 is 0 Å². The average Bonchev–Trinajstić information content (AvgIpc) is 2.09. The molecule has 2 aliphatic rings. The molecule has 0 aromatic rings. The van der Waals surface area contributed by atoms with Crippen LogP contribution in [-0.4, -0.2) is 32.3 Å². The summed E-state index contributed by atoms with van der Waals surface area (Å²) in [4.78, 5) is 2.53. The topological polar surface area (TPSA) is 3.24 Å². The van der Waals surface area contributed by atoms with Gasteiger partial charge in [-0.05, 0) is 31.9 Å². The van der Waals surface area contributed by atoms with E-state index in [2.05, 4.69) is 11.9 Å². The predicted molar refractivity (Wildman–Crippen MR) is 50.6 cm³/mol. The third-order valence-electron chi connectivity index (χ3n) is 3.52. The van der Waals surface area contributed by atoms with Crippen LogP contribution in [0.25, 0.3) is 0 Å². The van der Waals surface area contributed by atoms with Crippen LogP contribution in [0.3, 0.4) is 0 Å². The van der Waals surface area contributed by atoms with Gasteiger partial charge in [0.15, 0.2) is 0 Å². The summed E-state index contributed by atoms with van der Waals surface area (Å²) in [6.45, 7) is 2.72. The van der Waals surface area contributed by atoms with E-state index in [0.29, 0.717) is 0 Å². The molecule has 0 aliphatic carbocycles. The lowest BCUT2D eigenvalue weighted by Gasteiger charge is -2.42. The summed E-state index contributed by atoms with van der Waals surface area (Å²) < 4.78 is 0. The summed E-state index contributed by atoms with van der Waals surface area (Å²) >= 11 is 0. The monoisotopic (exact) mass is 151 g/mol. The second kappa shape index (κ2) is 2.82. The first-order valence-electron chi connectivity index (χ1n) is 4.99. The van der Waals surface area contributed by atoms with Crippen molar-refractivity contribution in [2.24, 2.45) is 0 Å². The van der Waals surface area contributed by atoms with Crippen molar-refractivity contribution in [1.82, 2.24) is 4.90 Å². The summed E-state index contributed by atoms with van der Waals surface area (Å²) in [5.74, 6) is 0. The second-order valence-electron chi connectivity index (χ2n) is 4.55. The van der Waals surface area contributed by atoms with E-state index in [9.17, 15) is 0 Å². The molecule has 1 atom stereocenters. The first-order chi connectivity index (χ1) is 5.31. The van der Waals surface area contributed by atoms with Crippen molar-refractivity contribution >= 4 is 7.28 Å². The van der Waals surface area contributed by atoms with E-state index in [1.54, 1.807) is 0 Å². The third kappa shape index (κ3) is 1.46. The van der Waals surface area contributed by atoms with Gasteiger partial charge in [0.2, 0.25) is 0 Å². The number of nitrogens with zero attached hydrogens (tertiary/aromatic N) is 1. The molecule has 2 fully saturated rings. The molecule has 2 rings (SSSR count). The summed E-state index contributed by atoms with van der Waals surface area (Å²) in [5, 5.41) is 0.783. The molecule has 0 amide bonds. The Morgan fingerprint density at radius 3 is 2.73 bits per heavy atom. The van der Waals surface area contributed by atoms with Gasteiger partial charge in [-0.15, -0.1) is 0 Å². The maximum atomic E-state index is 2.53. The predicted octanol–water partition coefficient (Wildman–Crippen LogP) is 1.52. The van der Waals surface area contributed by atoms with E-state index in [1.807, 2.05) is 0 Å². The molecule has 11 heavy (non-hydrogen) atoms. The van der Waals surface area contributed by atoms with Crippen LogP contribution in [0.5, 0.6) is 0 Å². The van der Waals surface area contributed by atoms with Crippen molar-refractivity contribution in [2.75, 3.05) is 20.1 Å². The molecule has 2 saturated heterocycles. The zero-order valence-corrected chi connectivity index (χ0v) is 7.60. The highest BCUT2D eigenvalue weighted by atomic mass is 15.1. The van der Waals surface area contributed by atoms with Crippen LogP contribution < -0.4 is 0 Å². The Labute approximate surface area is 70.4 Å². The molecule has 0 saturated carbocycles. The van der Waals surface area contributed by atoms with Gasteiger partial charge < -0.3 is 4.90 Å². The van der Waals surface area contributed by atoms with Crippen LogP contribution in [0, 0.1) is 0 Å². The Bertz CT molecular complexity index is 142. The Morgan fingerprint density at radius 2 is 2.09 bits per heavy atom. The summed E-state index contributed by atoms with van der Waals surface area (Å²) in [6, 6.07) is 0. The minimum atomic E-state index is 0.783. The molecule has 2 heteroatoms. The maximum absolute atomic E-state index is 2.53. The minimum absolute atomic E-state index is 0.783. The van der Waals surface area contributed by atoms with E-state index in [1.165, 1.54) is 52.4 Å².